The molecule has 0 bridgehead atoms. The first-order valence-electron chi connectivity index (χ1n) is 7.48. The number of carbonyl (C=O) groups is 1. The van der Waals surface area contributed by atoms with Crippen molar-refractivity contribution in [1.82, 2.24) is 0 Å². The van der Waals surface area contributed by atoms with Gasteiger partial charge in [0.25, 0.3) is 0 Å². The van der Waals surface area contributed by atoms with Crippen LogP contribution in [0, 0.1) is 0 Å². The third kappa shape index (κ3) is 2.67. The zero-order chi connectivity index (χ0) is 14.9. The first-order valence-corrected chi connectivity index (χ1v) is 7.48. The van der Waals surface area contributed by atoms with Crippen molar-refractivity contribution in [3.8, 4) is 5.75 Å². The highest BCUT2D eigenvalue weighted by Crippen LogP contribution is 2.42. The lowest BCUT2D eigenvalue weighted by Gasteiger charge is -2.34. The minimum absolute atomic E-state index is 0.0368. The second-order valence-electron chi connectivity index (χ2n) is 6.33. The number of rotatable bonds is 3. The standard InChI is InChI=1S/C17H25NO2/c1-6-15(19)12-10-13(17(3,4)5)16-14(11-12)18(7-2)8-9-20-16/h10-11H,6-9H2,1-5H3. The van der Waals surface area contributed by atoms with E-state index in [4.69, 9.17) is 4.74 Å². The molecule has 0 saturated heterocycles. The molecule has 1 aromatic rings. The van der Waals surface area contributed by atoms with Crippen molar-refractivity contribution >= 4 is 11.5 Å². The van der Waals surface area contributed by atoms with Crippen LogP contribution in [0.1, 0.15) is 57.0 Å². The zero-order valence-corrected chi connectivity index (χ0v) is 13.2. The number of Topliss-reactive ketones (excluding diaryl/α,β-unsaturated/α-hetero) is 1. The second kappa shape index (κ2) is 5.47. The van der Waals surface area contributed by atoms with E-state index >= 15 is 0 Å². The van der Waals surface area contributed by atoms with Gasteiger partial charge < -0.3 is 9.64 Å². The number of hydrogen-bond acceptors (Lipinski definition) is 3. The summed E-state index contributed by atoms with van der Waals surface area (Å²) < 4.78 is 5.93. The lowest BCUT2D eigenvalue weighted by molar-refractivity contribution is 0.0988. The number of carbonyl (C=O) groups excluding carboxylic acids is 1. The summed E-state index contributed by atoms with van der Waals surface area (Å²) in [6, 6.07) is 4.02. The van der Waals surface area contributed by atoms with Crippen LogP contribution in [0.5, 0.6) is 5.75 Å². The average Bonchev–Trinajstić information content (AvgIpc) is 2.43. The van der Waals surface area contributed by atoms with Gasteiger partial charge in [-0.2, -0.15) is 0 Å². The quantitative estimate of drug-likeness (QED) is 0.786. The lowest BCUT2D eigenvalue weighted by Crippen LogP contribution is -2.34. The molecule has 110 valence electrons. The Balaban J connectivity index is 2.64. The van der Waals surface area contributed by atoms with Gasteiger partial charge in [0, 0.05) is 24.1 Å². The largest absolute Gasteiger partial charge is 0.489 e. The highest BCUT2D eigenvalue weighted by Gasteiger charge is 2.28. The van der Waals surface area contributed by atoms with Crippen molar-refractivity contribution < 1.29 is 9.53 Å². The zero-order valence-electron chi connectivity index (χ0n) is 13.2. The molecule has 0 aromatic heterocycles. The molecule has 1 aliphatic rings. The second-order valence-corrected chi connectivity index (χ2v) is 6.33. The van der Waals surface area contributed by atoms with Crippen molar-refractivity contribution in [2.24, 2.45) is 0 Å². The van der Waals surface area contributed by atoms with E-state index in [1.807, 2.05) is 19.1 Å². The molecule has 0 unspecified atom stereocenters. The first kappa shape index (κ1) is 14.9. The highest BCUT2D eigenvalue weighted by molar-refractivity contribution is 5.97. The van der Waals surface area contributed by atoms with Gasteiger partial charge in [-0.15, -0.1) is 0 Å². The summed E-state index contributed by atoms with van der Waals surface area (Å²) in [4.78, 5) is 14.4. The van der Waals surface area contributed by atoms with Gasteiger partial charge in [0.1, 0.15) is 12.4 Å². The average molecular weight is 275 g/mol. The monoisotopic (exact) mass is 275 g/mol. The molecule has 1 aromatic carbocycles. The summed E-state index contributed by atoms with van der Waals surface area (Å²) in [6.45, 7) is 13.1. The summed E-state index contributed by atoms with van der Waals surface area (Å²) in [5.41, 5.74) is 2.97. The predicted molar refractivity (Wildman–Crippen MR) is 83.1 cm³/mol. The number of anilines is 1. The van der Waals surface area contributed by atoms with E-state index in [1.54, 1.807) is 0 Å². The third-order valence-electron chi connectivity index (χ3n) is 3.85. The number of ether oxygens (including phenoxy) is 1. The van der Waals surface area contributed by atoms with Crippen LogP contribution in [-0.2, 0) is 5.41 Å². The number of likely N-dealkylation sites (N-methyl/N-ethyl adjacent to an activating group) is 1. The maximum absolute atomic E-state index is 12.1. The molecule has 0 saturated carbocycles. The molecular weight excluding hydrogens is 250 g/mol. The van der Waals surface area contributed by atoms with Gasteiger partial charge in [0.2, 0.25) is 0 Å². The fourth-order valence-electron chi connectivity index (χ4n) is 2.63. The van der Waals surface area contributed by atoms with Crippen LogP contribution < -0.4 is 9.64 Å². The van der Waals surface area contributed by atoms with E-state index in [-0.39, 0.29) is 11.2 Å². The normalized spacial score (nSPS) is 14.8. The van der Waals surface area contributed by atoms with Crippen molar-refractivity contribution in [1.29, 1.82) is 0 Å². The van der Waals surface area contributed by atoms with E-state index < -0.39 is 0 Å². The molecule has 0 atom stereocenters. The summed E-state index contributed by atoms with van der Waals surface area (Å²) in [5.74, 6) is 1.15. The third-order valence-corrected chi connectivity index (χ3v) is 3.85. The summed E-state index contributed by atoms with van der Waals surface area (Å²) in [7, 11) is 0. The van der Waals surface area contributed by atoms with Crippen LogP contribution in [0.25, 0.3) is 0 Å². The molecule has 2 rings (SSSR count). The van der Waals surface area contributed by atoms with Gasteiger partial charge in [0.15, 0.2) is 5.78 Å². The molecule has 1 aliphatic heterocycles. The van der Waals surface area contributed by atoms with E-state index in [1.165, 1.54) is 0 Å². The van der Waals surface area contributed by atoms with Crippen LogP contribution >= 0.6 is 0 Å². The SMILES string of the molecule is CCC(=O)c1cc2c(c(C(C)(C)C)c1)OCCN2CC. The van der Waals surface area contributed by atoms with Crippen LogP contribution in [0.15, 0.2) is 12.1 Å². The fourth-order valence-corrected chi connectivity index (χ4v) is 2.63. The Hall–Kier alpha value is -1.51. The van der Waals surface area contributed by atoms with Crippen LogP contribution in [-0.4, -0.2) is 25.5 Å². The molecule has 0 aliphatic carbocycles. The van der Waals surface area contributed by atoms with E-state index in [2.05, 4.69) is 32.6 Å². The van der Waals surface area contributed by atoms with Gasteiger partial charge in [0.05, 0.1) is 12.2 Å². The van der Waals surface area contributed by atoms with Crippen molar-refractivity contribution in [2.75, 3.05) is 24.6 Å². The number of ketones is 1. The Bertz CT molecular complexity index is 514. The fraction of sp³-hybridized carbons (Fsp3) is 0.588. The summed E-state index contributed by atoms with van der Waals surface area (Å²) in [5, 5.41) is 0. The maximum atomic E-state index is 12.1. The van der Waals surface area contributed by atoms with E-state index in [0.29, 0.717) is 13.0 Å². The molecule has 0 radical (unpaired) electrons. The number of hydrogen-bond donors (Lipinski definition) is 0. The molecule has 1 heterocycles. The molecule has 20 heavy (non-hydrogen) atoms. The molecular formula is C17H25NO2. The van der Waals surface area contributed by atoms with Gasteiger partial charge in [-0.05, 0) is 24.5 Å². The van der Waals surface area contributed by atoms with Gasteiger partial charge in [-0.1, -0.05) is 27.7 Å². The molecule has 0 spiro atoms. The molecule has 0 amide bonds. The molecule has 0 fully saturated rings. The Morgan fingerprint density at radius 3 is 2.55 bits per heavy atom. The Morgan fingerprint density at radius 2 is 2.00 bits per heavy atom. The Morgan fingerprint density at radius 1 is 1.30 bits per heavy atom. The van der Waals surface area contributed by atoms with Gasteiger partial charge in [-0.25, -0.2) is 0 Å². The molecule has 3 heteroatoms. The Labute approximate surface area is 121 Å². The maximum Gasteiger partial charge on any atom is 0.162 e. The number of nitrogens with zero attached hydrogens (tertiary/aromatic N) is 1. The predicted octanol–water partition coefficient (Wildman–Crippen LogP) is 3.80. The van der Waals surface area contributed by atoms with Gasteiger partial charge in [-0.3, -0.25) is 4.79 Å². The minimum Gasteiger partial charge on any atom is -0.489 e. The van der Waals surface area contributed by atoms with Crippen molar-refractivity contribution in [3.63, 3.8) is 0 Å². The lowest BCUT2D eigenvalue weighted by atomic mass is 9.84. The van der Waals surface area contributed by atoms with Crippen LogP contribution in [0.4, 0.5) is 5.69 Å². The number of benzene rings is 1. The van der Waals surface area contributed by atoms with Crippen molar-refractivity contribution in [2.45, 2.75) is 46.5 Å². The van der Waals surface area contributed by atoms with Gasteiger partial charge >= 0.3 is 0 Å². The topological polar surface area (TPSA) is 29.5 Å². The highest BCUT2D eigenvalue weighted by atomic mass is 16.5. The van der Waals surface area contributed by atoms with Crippen molar-refractivity contribution in [3.05, 3.63) is 23.3 Å². The Kier molecular flexibility index (Phi) is 4.07. The van der Waals surface area contributed by atoms with Crippen LogP contribution in [0.3, 0.4) is 0 Å². The van der Waals surface area contributed by atoms with Crippen LogP contribution in [0.2, 0.25) is 0 Å². The smallest absolute Gasteiger partial charge is 0.162 e. The summed E-state index contributed by atoms with van der Waals surface area (Å²) >= 11 is 0. The van der Waals surface area contributed by atoms with E-state index in [9.17, 15) is 4.79 Å². The molecule has 3 nitrogen and oxygen atoms in total. The molecule has 0 N–H and O–H groups in total. The first-order chi connectivity index (χ1) is 9.38. The number of fused-ring (bicyclic) bond motifs is 1. The summed E-state index contributed by atoms with van der Waals surface area (Å²) in [6.07, 6.45) is 0.537. The van der Waals surface area contributed by atoms with E-state index in [0.717, 1.165) is 35.7 Å². The minimum atomic E-state index is -0.0368.